The highest BCUT2D eigenvalue weighted by molar-refractivity contribution is 7.11. The molecular weight excluding hydrogens is 406 g/mol. The molecule has 1 amide bonds. The summed E-state index contributed by atoms with van der Waals surface area (Å²) < 4.78 is 5.96. The zero-order chi connectivity index (χ0) is 21.6. The number of rotatable bonds is 8. The number of piperidine rings is 1. The van der Waals surface area contributed by atoms with Crippen molar-refractivity contribution in [1.82, 2.24) is 0 Å². The summed E-state index contributed by atoms with van der Waals surface area (Å²) >= 11 is 1.72. The summed E-state index contributed by atoms with van der Waals surface area (Å²) in [5.74, 6) is 0.141. The van der Waals surface area contributed by atoms with Gasteiger partial charge in [-0.2, -0.15) is 0 Å². The van der Waals surface area contributed by atoms with Crippen LogP contribution in [0.5, 0.6) is 0 Å². The SMILES string of the molecule is Cc1ccc(CC(O)c2ccc(N3C(=O)CCCC3COCc3ccccc3)cc2)s1. The van der Waals surface area contributed by atoms with Crippen molar-refractivity contribution in [1.29, 1.82) is 0 Å². The number of carbonyl (C=O) groups excluding carboxylic acids is 1. The molecule has 5 heteroatoms. The van der Waals surface area contributed by atoms with Crippen molar-refractivity contribution in [3.05, 3.63) is 87.6 Å². The quantitative estimate of drug-likeness (QED) is 0.513. The van der Waals surface area contributed by atoms with E-state index < -0.39 is 6.10 Å². The number of aliphatic hydroxyl groups excluding tert-OH is 1. The molecule has 162 valence electrons. The van der Waals surface area contributed by atoms with Gasteiger partial charge in [0.2, 0.25) is 5.91 Å². The molecule has 2 heterocycles. The van der Waals surface area contributed by atoms with Crippen LogP contribution in [0.15, 0.2) is 66.7 Å². The van der Waals surface area contributed by atoms with Crippen LogP contribution in [0.4, 0.5) is 5.69 Å². The molecule has 4 rings (SSSR count). The number of thiophene rings is 1. The Morgan fingerprint density at radius 1 is 1.10 bits per heavy atom. The Bertz CT molecular complexity index is 983. The first-order valence-electron chi connectivity index (χ1n) is 10.9. The van der Waals surface area contributed by atoms with E-state index in [0.29, 0.717) is 26.1 Å². The Morgan fingerprint density at radius 2 is 1.87 bits per heavy atom. The van der Waals surface area contributed by atoms with E-state index in [1.165, 1.54) is 9.75 Å². The largest absolute Gasteiger partial charge is 0.388 e. The van der Waals surface area contributed by atoms with Crippen molar-refractivity contribution in [2.45, 2.75) is 51.4 Å². The lowest BCUT2D eigenvalue weighted by Crippen LogP contribution is -2.46. The van der Waals surface area contributed by atoms with E-state index in [1.807, 2.05) is 59.5 Å². The second-order valence-corrected chi connectivity index (χ2v) is 9.51. The van der Waals surface area contributed by atoms with Crippen LogP contribution in [0.2, 0.25) is 0 Å². The van der Waals surface area contributed by atoms with Crippen LogP contribution in [0.25, 0.3) is 0 Å². The number of aliphatic hydroxyl groups is 1. The number of anilines is 1. The molecule has 0 spiro atoms. The molecule has 1 aromatic heterocycles. The standard InChI is InChI=1S/C26H29NO3S/c1-19-10-15-24(31-19)16-25(28)21-11-13-22(14-12-21)27-23(8-5-9-26(27)29)18-30-17-20-6-3-2-4-7-20/h2-4,6-7,10-15,23,25,28H,5,8-9,16-18H2,1H3. The highest BCUT2D eigenvalue weighted by Crippen LogP contribution is 2.29. The molecule has 1 saturated heterocycles. The van der Waals surface area contributed by atoms with Crippen LogP contribution >= 0.6 is 11.3 Å². The lowest BCUT2D eigenvalue weighted by atomic mass is 9.99. The molecule has 1 aliphatic heterocycles. The van der Waals surface area contributed by atoms with Crippen LogP contribution in [0.3, 0.4) is 0 Å². The Labute approximate surface area is 188 Å². The molecule has 1 N–H and O–H groups in total. The summed E-state index contributed by atoms with van der Waals surface area (Å²) in [7, 11) is 0. The van der Waals surface area contributed by atoms with Crippen LogP contribution in [0, 0.1) is 6.92 Å². The van der Waals surface area contributed by atoms with E-state index in [0.717, 1.165) is 29.7 Å². The molecule has 3 aromatic rings. The van der Waals surface area contributed by atoms with Crippen molar-refractivity contribution in [3.63, 3.8) is 0 Å². The van der Waals surface area contributed by atoms with Gasteiger partial charge in [-0.3, -0.25) is 4.79 Å². The van der Waals surface area contributed by atoms with Crippen LogP contribution in [-0.2, 0) is 22.6 Å². The third-order valence-electron chi connectivity index (χ3n) is 5.73. The number of hydrogen-bond acceptors (Lipinski definition) is 4. The average molecular weight is 436 g/mol. The number of amides is 1. The second-order valence-electron chi connectivity index (χ2n) is 8.13. The molecule has 2 aromatic carbocycles. The Balaban J connectivity index is 1.40. The summed E-state index contributed by atoms with van der Waals surface area (Å²) in [6, 6.07) is 22.1. The van der Waals surface area contributed by atoms with Gasteiger partial charge in [-0.25, -0.2) is 0 Å². The van der Waals surface area contributed by atoms with Gasteiger partial charge >= 0.3 is 0 Å². The topological polar surface area (TPSA) is 49.8 Å². The minimum absolute atomic E-state index is 0.0369. The lowest BCUT2D eigenvalue weighted by Gasteiger charge is -2.35. The predicted molar refractivity (Wildman–Crippen MR) is 125 cm³/mol. The maximum Gasteiger partial charge on any atom is 0.227 e. The van der Waals surface area contributed by atoms with Gasteiger partial charge in [0.15, 0.2) is 0 Å². The van der Waals surface area contributed by atoms with E-state index in [1.54, 1.807) is 11.3 Å². The maximum absolute atomic E-state index is 12.7. The number of benzene rings is 2. The molecule has 0 saturated carbocycles. The minimum Gasteiger partial charge on any atom is -0.388 e. The predicted octanol–water partition coefficient (Wildman–Crippen LogP) is 5.43. The van der Waals surface area contributed by atoms with Crippen molar-refractivity contribution >= 4 is 22.9 Å². The van der Waals surface area contributed by atoms with Gasteiger partial charge in [0, 0.05) is 28.3 Å². The Morgan fingerprint density at radius 3 is 2.58 bits per heavy atom. The summed E-state index contributed by atoms with van der Waals surface area (Å²) in [5, 5.41) is 10.6. The van der Waals surface area contributed by atoms with E-state index >= 15 is 0 Å². The van der Waals surface area contributed by atoms with Gasteiger partial charge in [0.05, 0.1) is 25.4 Å². The van der Waals surface area contributed by atoms with Gasteiger partial charge < -0.3 is 14.7 Å². The van der Waals surface area contributed by atoms with Crippen LogP contribution in [0.1, 0.15) is 46.2 Å². The Hall–Kier alpha value is -2.47. The first-order valence-corrected chi connectivity index (χ1v) is 11.7. The van der Waals surface area contributed by atoms with E-state index in [-0.39, 0.29) is 11.9 Å². The third kappa shape index (κ3) is 5.62. The molecule has 0 aliphatic carbocycles. The van der Waals surface area contributed by atoms with E-state index in [2.05, 4.69) is 19.1 Å². The van der Waals surface area contributed by atoms with E-state index in [9.17, 15) is 9.90 Å². The van der Waals surface area contributed by atoms with Crippen molar-refractivity contribution in [3.8, 4) is 0 Å². The van der Waals surface area contributed by atoms with Gasteiger partial charge in [0.1, 0.15) is 0 Å². The highest BCUT2D eigenvalue weighted by atomic mass is 32.1. The maximum atomic E-state index is 12.7. The molecule has 2 unspecified atom stereocenters. The number of aryl methyl sites for hydroxylation is 1. The lowest BCUT2D eigenvalue weighted by molar-refractivity contribution is -0.120. The Kier molecular flexibility index (Phi) is 7.17. The fraction of sp³-hybridized carbons (Fsp3) is 0.346. The van der Waals surface area contributed by atoms with E-state index in [4.69, 9.17) is 4.74 Å². The normalized spacial score (nSPS) is 17.7. The van der Waals surface area contributed by atoms with Crippen molar-refractivity contribution in [2.24, 2.45) is 0 Å². The zero-order valence-corrected chi connectivity index (χ0v) is 18.7. The smallest absolute Gasteiger partial charge is 0.227 e. The molecule has 4 nitrogen and oxygen atoms in total. The fourth-order valence-corrected chi connectivity index (χ4v) is 5.03. The minimum atomic E-state index is -0.547. The van der Waals surface area contributed by atoms with Gasteiger partial charge in [-0.15, -0.1) is 11.3 Å². The first-order chi connectivity index (χ1) is 15.1. The summed E-state index contributed by atoms with van der Waals surface area (Å²) in [5.41, 5.74) is 2.88. The zero-order valence-electron chi connectivity index (χ0n) is 17.9. The third-order valence-corrected chi connectivity index (χ3v) is 6.75. The van der Waals surface area contributed by atoms with Crippen LogP contribution in [-0.4, -0.2) is 23.7 Å². The van der Waals surface area contributed by atoms with Crippen molar-refractivity contribution < 1.29 is 14.6 Å². The summed E-state index contributed by atoms with van der Waals surface area (Å²) in [6.45, 7) is 3.14. The van der Waals surface area contributed by atoms with Gasteiger partial charge in [-0.1, -0.05) is 42.5 Å². The van der Waals surface area contributed by atoms with Gasteiger partial charge in [0.25, 0.3) is 0 Å². The van der Waals surface area contributed by atoms with Gasteiger partial charge in [-0.05, 0) is 55.2 Å². The monoisotopic (exact) mass is 435 g/mol. The molecule has 2 atom stereocenters. The second kappa shape index (κ2) is 10.2. The fourth-order valence-electron chi connectivity index (χ4n) is 4.10. The van der Waals surface area contributed by atoms with Crippen molar-refractivity contribution in [2.75, 3.05) is 11.5 Å². The molecule has 1 fully saturated rings. The number of carbonyl (C=O) groups is 1. The highest BCUT2D eigenvalue weighted by Gasteiger charge is 2.29. The number of hydrogen-bond donors (Lipinski definition) is 1. The number of nitrogens with zero attached hydrogens (tertiary/aromatic N) is 1. The summed E-state index contributed by atoms with van der Waals surface area (Å²) in [6.07, 6.45) is 2.46. The first kappa shape index (κ1) is 21.8. The molecule has 1 aliphatic rings. The molecular formula is C26H29NO3S. The van der Waals surface area contributed by atoms with Crippen LogP contribution < -0.4 is 4.90 Å². The number of ether oxygens (including phenoxy) is 1. The molecule has 31 heavy (non-hydrogen) atoms. The summed E-state index contributed by atoms with van der Waals surface area (Å²) in [4.78, 5) is 17.0. The average Bonchev–Trinajstić information content (AvgIpc) is 3.19. The molecule has 0 bridgehead atoms. The molecule has 0 radical (unpaired) electrons.